The molecule has 0 atom stereocenters. The predicted molar refractivity (Wildman–Crippen MR) is 47.9 cm³/mol. The van der Waals surface area contributed by atoms with Crippen molar-refractivity contribution in [3.63, 3.8) is 0 Å². The summed E-state index contributed by atoms with van der Waals surface area (Å²) in [6, 6.07) is 0. The fraction of sp³-hybridized carbons (Fsp3) is 0.500. The lowest BCUT2D eigenvalue weighted by atomic mass is 10.5. The first-order valence-corrected chi connectivity index (χ1v) is 5.71. The zero-order valence-electron chi connectivity index (χ0n) is 6.50. The van der Waals surface area contributed by atoms with Gasteiger partial charge in [0.1, 0.15) is 5.83 Å². The highest BCUT2D eigenvalue weighted by Gasteiger charge is 2.01. The predicted octanol–water partition coefficient (Wildman–Crippen LogP) is 1.50. The second-order valence-corrected chi connectivity index (χ2v) is 4.74. The number of aliphatic imine (C=N–C) groups is 1. The van der Waals surface area contributed by atoms with E-state index >= 15 is 0 Å². The van der Waals surface area contributed by atoms with Crippen LogP contribution in [0.4, 0.5) is 4.39 Å². The Hall–Kier alpha value is -0.420. The minimum Gasteiger partial charge on any atom is -0.290 e. The van der Waals surface area contributed by atoms with Crippen LogP contribution in [-0.4, -0.2) is 26.9 Å². The van der Waals surface area contributed by atoms with Crippen molar-refractivity contribution in [2.45, 2.75) is 6.92 Å². The summed E-state index contributed by atoms with van der Waals surface area (Å²) in [4.78, 5) is 3.57. The van der Waals surface area contributed by atoms with Gasteiger partial charge < -0.3 is 0 Å². The molecular formula is C6H9ClFNO2S. The standard InChI is InChI=1S/C6H9ClFNO2S/c1-2-9-5-6(8)3-4-12(7,10)11/h3,5H,2,4H2,1H3/b6-3+,9-5-. The maximum Gasteiger partial charge on any atom is 0.236 e. The van der Waals surface area contributed by atoms with Crippen molar-refractivity contribution < 1.29 is 12.8 Å². The van der Waals surface area contributed by atoms with E-state index in [-0.39, 0.29) is 0 Å². The van der Waals surface area contributed by atoms with Gasteiger partial charge >= 0.3 is 0 Å². The quantitative estimate of drug-likeness (QED) is 0.525. The molecule has 0 radical (unpaired) electrons. The summed E-state index contributed by atoms with van der Waals surface area (Å²) in [7, 11) is 1.18. The van der Waals surface area contributed by atoms with Crippen LogP contribution < -0.4 is 0 Å². The molecule has 0 aliphatic carbocycles. The molecule has 6 heteroatoms. The Balaban J connectivity index is 4.11. The van der Waals surface area contributed by atoms with Crippen LogP contribution in [0.1, 0.15) is 6.92 Å². The highest BCUT2D eigenvalue weighted by molar-refractivity contribution is 8.13. The van der Waals surface area contributed by atoms with E-state index in [1.54, 1.807) is 6.92 Å². The summed E-state index contributed by atoms with van der Waals surface area (Å²) in [6.07, 6.45) is 1.82. The summed E-state index contributed by atoms with van der Waals surface area (Å²) in [6.45, 7) is 2.19. The van der Waals surface area contributed by atoms with Gasteiger partial charge in [0, 0.05) is 17.2 Å². The topological polar surface area (TPSA) is 46.5 Å². The molecule has 0 aliphatic heterocycles. The van der Waals surface area contributed by atoms with Gasteiger partial charge in [-0.3, -0.25) is 4.99 Å². The van der Waals surface area contributed by atoms with Crippen molar-refractivity contribution in [3.05, 3.63) is 11.9 Å². The SMILES string of the molecule is CC/N=C\C(F)=C/CS(=O)(=O)Cl. The van der Waals surface area contributed by atoms with Gasteiger partial charge in [-0.15, -0.1) is 0 Å². The van der Waals surface area contributed by atoms with E-state index in [9.17, 15) is 12.8 Å². The first kappa shape index (κ1) is 11.6. The summed E-state index contributed by atoms with van der Waals surface area (Å²) in [5.74, 6) is -1.21. The van der Waals surface area contributed by atoms with E-state index in [0.29, 0.717) is 6.54 Å². The van der Waals surface area contributed by atoms with E-state index in [0.717, 1.165) is 12.3 Å². The molecule has 0 saturated carbocycles. The van der Waals surface area contributed by atoms with Crippen molar-refractivity contribution >= 4 is 25.9 Å². The van der Waals surface area contributed by atoms with Gasteiger partial charge in [-0.25, -0.2) is 12.8 Å². The molecule has 0 amide bonds. The van der Waals surface area contributed by atoms with Gasteiger partial charge in [-0.2, -0.15) is 0 Å². The fourth-order valence-electron chi connectivity index (χ4n) is 0.410. The van der Waals surface area contributed by atoms with Crippen LogP contribution in [0.5, 0.6) is 0 Å². The van der Waals surface area contributed by atoms with Crippen LogP contribution in [-0.2, 0) is 9.05 Å². The highest BCUT2D eigenvalue weighted by Crippen LogP contribution is 2.00. The summed E-state index contributed by atoms with van der Waals surface area (Å²) < 4.78 is 33.1. The third-order valence-corrected chi connectivity index (χ3v) is 1.82. The Labute approximate surface area is 75.4 Å². The smallest absolute Gasteiger partial charge is 0.236 e. The molecule has 0 heterocycles. The van der Waals surface area contributed by atoms with E-state index in [4.69, 9.17) is 10.7 Å². The summed E-state index contributed by atoms with van der Waals surface area (Å²) in [5, 5.41) is 0. The number of allylic oxidation sites excluding steroid dienone is 1. The number of hydrogen-bond donors (Lipinski definition) is 0. The lowest BCUT2D eigenvalue weighted by Crippen LogP contribution is -1.93. The van der Waals surface area contributed by atoms with Gasteiger partial charge in [0.25, 0.3) is 0 Å². The van der Waals surface area contributed by atoms with Crippen molar-refractivity contribution in [2.24, 2.45) is 4.99 Å². The van der Waals surface area contributed by atoms with Crippen LogP contribution in [0.3, 0.4) is 0 Å². The molecule has 0 N–H and O–H groups in total. The number of nitrogens with zero attached hydrogens (tertiary/aromatic N) is 1. The molecule has 0 bridgehead atoms. The largest absolute Gasteiger partial charge is 0.290 e. The summed E-state index contributed by atoms with van der Waals surface area (Å²) in [5.41, 5.74) is 0. The lowest BCUT2D eigenvalue weighted by Gasteiger charge is -1.87. The zero-order chi connectivity index (χ0) is 9.61. The monoisotopic (exact) mass is 213 g/mol. The van der Waals surface area contributed by atoms with Gasteiger partial charge in [0.15, 0.2) is 0 Å². The molecule has 0 unspecified atom stereocenters. The molecule has 3 nitrogen and oxygen atoms in total. The average Bonchev–Trinajstić information content (AvgIpc) is 1.95. The van der Waals surface area contributed by atoms with Crippen LogP contribution in [0.15, 0.2) is 16.9 Å². The van der Waals surface area contributed by atoms with Crippen LogP contribution in [0.25, 0.3) is 0 Å². The molecule has 0 saturated heterocycles. The molecule has 0 fully saturated rings. The van der Waals surface area contributed by atoms with E-state index < -0.39 is 20.6 Å². The Kier molecular flexibility index (Phi) is 5.08. The molecule has 70 valence electrons. The third-order valence-electron chi connectivity index (χ3n) is 0.875. The zero-order valence-corrected chi connectivity index (χ0v) is 8.07. The molecule has 0 spiro atoms. The fourth-order valence-corrected chi connectivity index (χ4v) is 0.958. The van der Waals surface area contributed by atoms with Gasteiger partial charge in [-0.05, 0) is 13.0 Å². The van der Waals surface area contributed by atoms with Crippen LogP contribution >= 0.6 is 10.7 Å². The normalized spacial score (nSPS) is 14.1. The molecule has 0 rings (SSSR count). The second-order valence-electron chi connectivity index (χ2n) is 1.92. The molecule has 0 aromatic rings. The third kappa shape index (κ3) is 7.68. The Morgan fingerprint density at radius 1 is 1.67 bits per heavy atom. The molecule has 0 aliphatic rings. The number of halogens is 2. The first-order chi connectivity index (χ1) is 5.45. The van der Waals surface area contributed by atoms with E-state index in [1.165, 1.54) is 0 Å². The average molecular weight is 214 g/mol. The number of rotatable bonds is 4. The first-order valence-electron chi connectivity index (χ1n) is 3.23. The van der Waals surface area contributed by atoms with Crippen molar-refractivity contribution in [3.8, 4) is 0 Å². The minimum absolute atomic E-state index is 0.453. The number of hydrogen-bond acceptors (Lipinski definition) is 3. The Morgan fingerprint density at radius 2 is 2.25 bits per heavy atom. The lowest BCUT2D eigenvalue weighted by molar-refractivity contribution is 0.611. The Bertz CT molecular complexity index is 284. The van der Waals surface area contributed by atoms with Gasteiger partial charge in [0.2, 0.25) is 9.05 Å². The molecule has 12 heavy (non-hydrogen) atoms. The van der Waals surface area contributed by atoms with Crippen LogP contribution in [0, 0.1) is 0 Å². The second kappa shape index (κ2) is 5.27. The minimum atomic E-state index is -3.65. The van der Waals surface area contributed by atoms with Crippen molar-refractivity contribution in [1.29, 1.82) is 0 Å². The van der Waals surface area contributed by atoms with Crippen molar-refractivity contribution in [1.82, 2.24) is 0 Å². The summed E-state index contributed by atoms with van der Waals surface area (Å²) >= 11 is 0. The highest BCUT2D eigenvalue weighted by atomic mass is 35.7. The van der Waals surface area contributed by atoms with E-state index in [2.05, 4.69) is 4.99 Å². The van der Waals surface area contributed by atoms with E-state index in [1.807, 2.05) is 0 Å². The van der Waals surface area contributed by atoms with Crippen LogP contribution in [0.2, 0.25) is 0 Å². The van der Waals surface area contributed by atoms with Gasteiger partial charge in [-0.1, -0.05) is 0 Å². The maximum absolute atomic E-state index is 12.5. The van der Waals surface area contributed by atoms with Gasteiger partial charge in [0.05, 0.1) is 12.0 Å². The maximum atomic E-state index is 12.5. The Morgan fingerprint density at radius 3 is 2.67 bits per heavy atom. The molecule has 0 aromatic heterocycles. The van der Waals surface area contributed by atoms with Crippen molar-refractivity contribution in [2.75, 3.05) is 12.3 Å². The molecule has 0 aromatic carbocycles. The molecular weight excluding hydrogens is 205 g/mol.